The van der Waals surface area contributed by atoms with Gasteiger partial charge >= 0.3 is 0 Å². The lowest BCUT2D eigenvalue weighted by molar-refractivity contribution is -0.114. The first-order valence-electron chi connectivity index (χ1n) is 8.16. The number of nitrogens with one attached hydrogen (secondary N) is 2. The van der Waals surface area contributed by atoms with Crippen molar-refractivity contribution in [2.45, 2.75) is 20.8 Å². The van der Waals surface area contributed by atoms with E-state index < -0.39 is 0 Å². The Morgan fingerprint density at radius 2 is 1.73 bits per heavy atom. The van der Waals surface area contributed by atoms with Crippen LogP contribution in [0, 0.1) is 13.8 Å². The SMILES string of the molecule is CC(=O)Nc1ccc(NC(=O)c2sc(-c3ccccc3)nc2C)cc1C. The molecule has 2 aromatic carbocycles. The maximum absolute atomic E-state index is 12.6. The van der Waals surface area contributed by atoms with E-state index in [1.165, 1.54) is 18.3 Å². The van der Waals surface area contributed by atoms with Gasteiger partial charge in [-0.25, -0.2) is 4.98 Å². The first kappa shape index (κ1) is 17.8. The van der Waals surface area contributed by atoms with Crippen LogP contribution < -0.4 is 10.6 Å². The molecule has 1 heterocycles. The molecule has 0 aliphatic carbocycles. The van der Waals surface area contributed by atoms with Crippen molar-refractivity contribution in [1.29, 1.82) is 0 Å². The van der Waals surface area contributed by atoms with Crippen LogP contribution in [0.4, 0.5) is 11.4 Å². The van der Waals surface area contributed by atoms with E-state index in [1.807, 2.05) is 50.2 Å². The van der Waals surface area contributed by atoms with Gasteiger partial charge in [-0.3, -0.25) is 9.59 Å². The number of carbonyl (C=O) groups is 2. The smallest absolute Gasteiger partial charge is 0.267 e. The zero-order chi connectivity index (χ0) is 18.7. The van der Waals surface area contributed by atoms with E-state index in [9.17, 15) is 9.59 Å². The van der Waals surface area contributed by atoms with Crippen LogP contribution in [0.5, 0.6) is 0 Å². The van der Waals surface area contributed by atoms with Gasteiger partial charge in [0.2, 0.25) is 5.91 Å². The van der Waals surface area contributed by atoms with Crippen molar-refractivity contribution in [2.75, 3.05) is 10.6 Å². The Kier molecular flexibility index (Phi) is 5.14. The van der Waals surface area contributed by atoms with Gasteiger partial charge < -0.3 is 10.6 Å². The zero-order valence-corrected chi connectivity index (χ0v) is 15.6. The highest BCUT2D eigenvalue weighted by Gasteiger charge is 2.16. The second-order valence-electron chi connectivity index (χ2n) is 5.96. The lowest BCUT2D eigenvalue weighted by atomic mass is 10.1. The summed E-state index contributed by atoms with van der Waals surface area (Å²) in [6, 6.07) is 15.2. The van der Waals surface area contributed by atoms with E-state index in [-0.39, 0.29) is 11.8 Å². The number of benzene rings is 2. The number of aryl methyl sites for hydroxylation is 2. The molecule has 0 radical (unpaired) electrons. The number of carbonyl (C=O) groups excluding carboxylic acids is 2. The summed E-state index contributed by atoms with van der Waals surface area (Å²) < 4.78 is 0. The minimum absolute atomic E-state index is 0.126. The molecule has 2 amide bonds. The predicted octanol–water partition coefficient (Wildman–Crippen LogP) is 4.64. The number of hydrogen-bond acceptors (Lipinski definition) is 4. The molecule has 0 aliphatic heterocycles. The molecule has 3 rings (SSSR count). The predicted molar refractivity (Wildman–Crippen MR) is 106 cm³/mol. The van der Waals surface area contributed by atoms with Gasteiger partial charge in [0.15, 0.2) is 0 Å². The number of hydrogen-bond donors (Lipinski definition) is 2. The van der Waals surface area contributed by atoms with Crippen molar-refractivity contribution in [3.8, 4) is 10.6 Å². The van der Waals surface area contributed by atoms with E-state index >= 15 is 0 Å². The highest BCUT2D eigenvalue weighted by Crippen LogP contribution is 2.28. The minimum atomic E-state index is -0.186. The average Bonchev–Trinajstić information content (AvgIpc) is 3.00. The molecule has 0 aliphatic rings. The van der Waals surface area contributed by atoms with Crippen molar-refractivity contribution >= 4 is 34.5 Å². The Balaban J connectivity index is 1.79. The van der Waals surface area contributed by atoms with E-state index in [4.69, 9.17) is 0 Å². The van der Waals surface area contributed by atoms with E-state index in [0.29, 0.717) is 16.3 Å². The zero-order valence-electron chi connectivity index (χ0n) is 14.8. The maximum atomic E-state index is 12.6. The fourth-order valence-corrected chi connectivity index (χ4v) is 3.54. The van der Waals surface area contributed by atoms with Crippen LogP contribution >= 0.6 is 11.3 Å². The fourth-order valence-electron chi connectivity index (χ4n) is 2.57. The molecule has 5 nitrogen and oxygen atoms in total. The standard InChI is InChI=1S/C20H19N3O2S/c1-12-11-16(9-10-17(12)22-14(3)24)23-19(25)18-13(2)21-20(26-18)15-7-5-4-6-8-15/h4-11H,1-3H3,(H,22,24)(H,23,25). The van der Waals surface area contributed by atoms with Crippen LogP contribution in [-0.2, 0) is 4.79 Å². The summed E-state index contributed by atoms with van der Waals surface area (Å²) in [6.07, 6.45) is 0. The number of amides is 2. The summed E-state index contributed by atoms with van der Waals surface area (Å²) in [5.41, 5.74) is 3.99. The van der Waals surface area contributed by atoms with Crippen molar-refractivity contribution in [3.63, 3.8) is 0 Å². The topological polar surface area (TPSA) is 71.1 Å². The third kappa shape index (κ3) is 3.97. The molecule has 3 aromatic rings. The maximum Gasteiger partial charge on any atom is 0.267 e. The first-order valence-corrected chi connectivity index (χ1v) is 8.98. The van der Waals surface area contributed by atoms with Crippen LogP contribution in [0.3, 0.4) is 0 Å². The molecule has 0 saturated heterocycles. The molecule has 26 heavy (non-hydrogen) atoms. The number of nitrogens with zero attached hydrogens (tertiary/aromatic N) is 1. The summed E-state index contributed by atoms with van der Waals surface area (Å²) in [5.74, 6) is -0.313. The highest BCUT2D eigenvalue weighted by atomic mass is 32.1. The van der Waals surface area contributed by atoms with Gasteiger partial charge in [-0.15, -0.1) is 11.3 Å². The highest BCUT2D eigenvalue weighted by molar-refractivity contribution is 7.17. The largest absolute Gasteiger partial charge is 0.326 e. The van der Waals surface area contributed by atoms with E-state index in [2.05, 4.69) is 15.6 Å². The van der Waals surface area contributed by atoms with Crippen LogP contribution in [0.2, 0.25) is 0 Å². The van der Waals surface area contributed by atoms with Gasteiger partial charge in [-0.2, -0.15) is 0 Å². The number of thiazole rings is 1. The number of rotatable bonds is 4. The Morgan fingerprint density at radius 3 is 2.38 bits per heavy atom. The Hall–Kier alpha value is -2.99. The van der Waals surface area contributed by atoms with Crippen LogP contribution in [0.15, 0.2) is 48.5 Å². The van der Waals surface area contributed by atoms with Crippen LogP contribution in [0.25, 0.3) is 10.6 Å². The van der Waals surface area contributed by atoms with E-state index in [0.717, 1.165) is 21.8 Å². The van der Waals surface area contributed by atoms with Crippen LogP contribution in [0.1, 0.15) is 27.9 Å². The number of anilines is 2. The molecule has 1 aromatic heterocycles. The molecule has 0 spiro atoms. The molecule has 0 bridgehead atoms. The molecule has 0 fully saturated rings. The summed E-state index contributed by atoms with van der Waals surface area (Å²) in [5, 5.41) is 6.48. The molecule has 0 saturated carbocycles. The quantitative estimate of drug-likeness (QED) is 0.708. The normalized spacial score (nSPS) is 10.4. The molecule has 6 heteroatoms. The minimum Gasteiger partial charge on any atom is -0.326 e. The van der Waals surface area contributed by atoms with Gasteiger partial charge in [0, 0.05) is 23.9 Å². The molecular weight excluding hydrogens is 346 g/mol. The second kappa shape index (κ2) is 7.49. The third-order valence-electron chi connectivity index (χ3n) is 3.82. The monoisotopic (exact) mass is 365 g/mol. The summed E-state index contributed by atoms with van der Waals surface area (Å²) in [6.45, 7) is 5.18. The van der Waals surface area contributed by atoms with Gasteiger partial charge in [0.25, 0.3) is 5.91 Å². The van der Waals surface area contributed by atoms with Gasteiger partial charge in [-0.1, -0.05) is 30.3 Å². The lowest BCUT2D eigenvalue weighted by Gasteiger charge is -2.09. The third-order valence-corrected chi connectivity index (χ3v) is 5.02. The van der Waals surface area contributed by atoms with Crippen LogP contribution in [-0.4, -0.2) is 16.8 Å². The molecule has 132 valence electrons. The van der Waals surface area contributed by atoms with Crippen molar-refractivity contribution in [2.24, 2.45) is 0 Å². The summed E-state index contributed by atoms with van der Waals surface area (Å²) in [4.78, 5) is 28.9. The Labute approximate surface area is 156 Å². The first-order chi connectivity index (χ1) is 12.4. The molecule has 0 atom stereocenters. The van der Waals surface area contributed by atoms with Crippen molar-refractivity contribution in [3.05, 3.63) is 64.7 Å². The summed E-state index contributed by atoms with van der Waals surface area (Å²) >= 11 is 1.38. The van der Waals surface area contributed by atoms with E-state index in [1.54, 1.807) is 12.1 Å². The molecule has 0 unspecified atom stereocenters. The van der Waals surface area contributed by atoms with Gasteiger partial charge in [0.05, 0.1) is 5.69 Å². The van der Waals surface area contributed by atoms with Gasteiger partial charge in [-0.05, 0) is 37.6 Å². The average molecular weight is 365 g/mol. The summed E-state index contributed by atoms with van der Waals surface area (Å²) in [7, 11) is 0. The molecular formula is C20H19N3O2S. The lowest BCUT2D eigenvalue weighted by Crippen LogP contribution is -2.12. The van der Waals surface area contributed by atoms with Crippen molar-refractivity contribution < 1.29 is 9.59 Å². The Bertz CT molecular complexity index is 964. The fraction of sp³-hybridized carbons (Fsp3) is 0.150. The molecule has 2 N–H and O–H groups in total. The van der Waals surface area contributed by atoms with Crippen molar-refractivity contribution in [1.82, 2.24) is 4.98 Å². The second-order valence-corrected chi connectivity index (χ2v) is 6.96. The number of aromatic nitrogens is 1. The Morgan fingerprint density at radius 1 is 1.00 bits per heavy atom. The van der Waals surface area contributed by atoms with Gasteiger partial charge in [0.1, 0.15) is 9.88 Å².